The van der Waals surface area contributed by atoms with Crippen LogP contribution in [0.3, 0.4) is 0 Å². The fourth-order valence-electron chi connectivity index (χ4n) is 2.28. The zero-order valence-electron chi connectivity index (χ0n) is 14.2. The standard InChI is InChI=1S/C19H19N3O4/c1-13(12-20)25-18(23)11-17(22-19(21)24)14-6-5-9-16(10-14)26-15-7-3-2-4-8-15/h2-10,13,17H,11H2,1H3,(H3,21,22,24)/t13-,17+/m1/s1. The molecule has 2 aromatic rings. The third-order valence-electron chi connectivity index (χ3n) is 3.42. The Balaban J connectivity index is 2.16. The third-order valence-corrected chi connectivity index (χ3v) is 3.42. The van der Waals surface area contributed by atoms with Gasteiger partial charge in [0.25, 0.3) is 0 Å². The van der Waals surface area contributed by atoms with Crippen molar-refractivity contribution in [3.8, 4) is 17.6 Å². The molecule has 0 heterocycles. The second-order valence-electron chi connectivity index (χ2n) is 5.51. The molecular weight excluding hydrogens is 334 g/mol. The van der Waals surface area contributed by atoms with Crippen LogP contribution in [0.1, 0.15) is 24.9 Å². The molecular formula is C19H19N3O4. The molecule has 7 nitrogen and oxygen atoms in total. The number of carbonyl (C=O) groups excluding carboxylic acids is 2. The van der Waals surface area contributed by atoms with Crippen LogP contribution in [0.15, 0.2) is 54.6 Å². The first-order valence-corrected chi connectivity index (χ1v) is 7.96. The summed E-state index contributed by atoms with van der Waals surface area (Å²) < 4.78 is 10.7. The molecule has 0 radical (unpaired) electrons. The monoisotopic (exact) mass is 353 g/mol. The molecule has 26 heavy (non-hydrogen) atoms. The second-order valence-corrected chi connectivity index (χ2v) is 5.51. The highest BCUT2D eigenvalue weighted by Crippen LogP contribution is 2.26. The summed E-state index contributed by atoms with van der Waals surface area (Å²) in [6.07, 6.45) is -1.03. The zero-order valence-corrected chi connectivity index (χ0v) is 14.2. The number of carbonyl (C=O) groups is 2. The Hall–Kier alpha value is -3.53. The van der Waals surface area contributed by atoms with Crippen molar-refractivity contribution in [3.63, 3.8) is 0 Å². The van der Waals surface area contributed by atoms with Gasteiger partial charge in [-0.15, -0.1) is 0 Å². The van der Waals surface area contributed by atoms with Gasteiger partial charge in [-0.25, -0.2) is 4.79 Å². The lowest BCUT2D eigenvalue weighted by atomic mass is 10.0. The molecule has 0 bridgehead atoms. The lowest BCUT2D eigenvalue weighted by Crippen LogP contribution is -2.35. The number of primary amides is 1. The fourth-order valence-corrected chi connectivity index (χ4v) is 2.28. The van der Waals surface area contributed by atoms with Gasteiger partial charge in [0.05, 0.1) is 12.5 Å². The number of nitrogens with two attached hydrogens (primary N) is 1. The van der Waals surface area contributed by atoms with Gasteiger partial charge in [0.2, 0.25) is 0 Å². The number of hydrogen-bond acceptors (Lipinski definition) is 5. The summed E-state index contributed by atoms with van der Waals surface area (Å²) >= 11 is 0. The van der Waals surface area contributed by atoms with Crippen LogP contribution >= 0.6 is 0 Å². The van der Waals surface area contributed by atoms with Crippen molar-refractivity contribution in [2.24, 2.45) is 5.73 Å². The number of benzene rings is 2. The van der Waals surface area contributed by atoms with Crippen LogP contribution in [0.5, 0.6) is 11.5 Å². The maximum absolute atomic E-state index is 12.0. The van der Waals surface area contributed by atoms with Crippen LogP contribution in [0, 0.1) is 11.3 Å². The number of ether oxygens (including phenoxy) is 2. The zero-order chi connectivity index (χ0) is 18.9. The number of rotatable bonds is 7. The van der Waals surface area contributed by atoms with Crippen molar-refractivity contribution < 1.29 is 19.1 Å². The summed E-state index contributed by atoms with van der Waals surface area (Å²) in [4.78, 5) is 23.3. The minimum atomic E-state index is -0.871. The Kier molecular flexibility index (Phi) is 6.57. The molecule has 3 N–H and O–H groups in total. The molecule has 0 aromatic heterocycles. The number of hydrogen-bond donors (Lipinski definition) is 2. The van der Waals surface area contributed by atoms with E-state index in [-0.39, 0.29) is 6.42 Å². The van der Waals surface area contributed by atoms with E-state index >= 15 is 0 Å². The average molecular weight is 353 g/mol. The van der Waals surface area contributed by atoms with Crippen LogP contribution < -0.4 is 15.8 Å². The molecule has 2 aromatic carbocycles. The van der Waals surface area contributed by atoms with Gasteiger partial charge < -0.3 is 20.5 Å². The van der Waals surface area contributed by atoms with E-state index in [2.05, 4.69) is 5.32 Å². The third kappa shape index (κ3) is 5.83. The lowest BCUT2D eigenvalue weighted by molar-refractivity contribution is -0.146. The lowest BCUT2D eigenvalue weighted by Gasteiger charge is -2.18. The van der Waals surface area contributed by atoms with Crippen LogP contribution in [-0.4, -0.2) is 18.1 Å². The highest BCUT2D eigenvalue weighted by molar-refractivity contribution is 5.75. The minimum Gasteiger partial charge on any atom is -0.457 e. The van der Waals surface area contributed by atoms with Gasteiger partial charge in [0, 0.05) is 0 Å². The van der Waals surface area contributed by atoms with Gasteiger partial charge in [0.15, 0.2) is 6.10 Å². The van der Waals surface area contributed by atoms with Gasteiger partial charge in [-0.2, -0.15) is 5.26 Å². The Morgan fingerprint density at radius 1 is 1.15 bits per heavy atom. The molecule has 0 aliphatic carbocycles. The van der Waals surface area contributed by atoms with Crippen molar-refractivity contribution in [2.45, 2.75) is 25.5 Å². The first-order valence-electron chi connectivity index (χ1n) is 7.96. The number of urea groups is 1. The van der Waals surface area contributed by atoms with E-state index < -0.39 is 24.1 Å². The van der Waals surface area contributed by atoms with Gasteiger partial charge in [-0.1, -0.05) is 30.3 Å². The summed E-state index contributed by atoms with van der Waals surface area (Å²) in [6, 6.07) is 16.5. The van der Waals surface area contributed by atoms with E-state index in [4.69, 9.17) is 20.5 Å². The predicted molar refractivity (Wildman–Crippen MR) is 94.2 cm³/mol. The molecule has 134 valence electrons. The maximum atomic E-state index is 12.0. The van der Waals surface area contributed by atoms with Gasteiger partial charge in [-0.3, -0.25) is 4.79 Å². The summed E-state index contributed by atoms with van der Waals surface area (Å²) in [6.45, 7) is 1.46. The number of amides is 2. The highest BCUT2D eigenvalue weighted by atomic mass is 16.5. The first kappa shape index (κ1) is 18.8. The predicted octanol–water partition coefficient (Wildman–Crippen LogP) is 3.03. The normalized spacial score (nSPS) is 12.3. The number of nitrogens with one attached hydrogen (secondary N) is 1. The topological polar surface area (TPSA) is 114 Å². The number of para-hydroxylation sites is 1. The van der Waals surface area contributed by atoms with Crippen molar-refractivity contribution in [2.75, 3.05) is 0 Å². The Labute approximate surface area is 151 Å². The Bertz CT molecular complexity index is 802. The Morgan fingerprint density at radius 2 is 1.85 bits per heavy atom. The van der Waals surface area contributed by atoms with Crippen molar-refractivity contribution in [1.82, 2.24) is 5.32 Å². The summed E-state index contributed by atoms with van der Waals surface area (Å²) in [5, 5.41) is 11.2. The van der Waals surface area contributed by atoms with E-state index in [1.54, 1.807) is 24.3 Å². The number of nitriles is 1. The molecule has 0 saturated carbocycles. The smallest absolute Gasteiger partial charge is 0.312 e. The van der Waals surface area contributed by atoms with E-state index in [0.717, 1.165) is 0 Å². The molecule has 0 aliphatic rings. The van der Waals surface area contributed by atoms with Crippen LogP contribution in [0.4, 0.5) is 4.79 Å². The average Bonchev–Trinajstić information content (AvgIpc) is 2.61. The molecule has 0 aliphatic heterocycles. The SMILES string of the molecule is C[C@H](C#N)OC(=O)C[C@H](NC(N)=O)c1cccc(Oc2ccccc2)c1. The van der Waals surface area contributed by atoms with E-state index in [0.29, 0.717) is 17.1 Å². The molecule has 0 fully saturated rings. The summed E-state index contributed by atoms with van der Waals surface area (Å²) in [5.74, 6) is 0.585. The highest BCUT2D eigenvalue weighted by Gasteiger charge is 2.20. The molecule has 0 spiro atoms. The van der Waals surface area contributed by atoms with Crippen molar-refractivity contribution in [3.05, 3.63) is 60.2 Å². The van der Waals surface area contributed by atoms with Crippen LogP contribution in [-0.2, 0) is 9.53 Å². The second kappa shape index (κ2) is 9.08. The molecule has 2 atom stereocenters. The van der Waals surface area contributed by atoms with E-state index in [9.17, 15) is 9.59 Å². The summed E-state index contributed by atoms with van der Waals surface area (Å²) in [5.41, 5.74) is 5.83. The first-order chi connectivity index (χ1) is 12.5. The Morgan fingerprint density at radius 3 is 2.50 bits per heavy atom. The number of nitrogens with zero attached hydrogens (tertiary/aromatic N) is 1. The number of esters is 1. The molecule has 2 rings (SSSR count). The van der Waals surface area contributed by atoms with Crippen molar-refractivity contribution in [1.29, 1.82) is 5.26 Å². The fraction of sp³-hybridized carbons (Fsp3) is 0.211. The van der Waals surface area contributed by atoms with E-state index in [1.165, 1.54) is 6.92 Å². The van der Waals surface area contributed by atoms with Crippen LogP contribution in [0.25, 0.3) is 0 Å². The largest absolute Gasteiger partial charge is 0.457 e. The molecule has 2 amide bonds. The maximum Gasteiger partial charge on any atom is 0.312 e. The quantitative estimate of drug-likeness (QED) is 0.743. The molecule has 0 saturated heterocycles. The van der Waals surface area contributed by atoms with Crippen molar-refractivity contribution >= 4 is 12.0 Å². The van der Waals surface area contributed by atoms with Gasteiger partial charge >= 0.3 is 12.0 Å². The van der Waals surface area contributed by atoms with Crippen LogP contribution in [0.2, 0.25) is 0 Å². The van der Waals surface area contributed by atoms with E-state index in [1.807, 2.05) is 36.4 Å². The van der Waals surface area contributed by atoms with Gasteiger partial charge in [-0.05, 0) is 36.8 Å². The molecule has 0 unspecified atom stereocenters. The van der Waals surface area contributed by atoms with Gasteiger partial charge in [0.1, 0.15) is 17.6 Å². The minimum absolute atomic E-state index is 0.163. The summed E-state index contributed by atoms with van der Waals surface area (Å²) in [7, 11) is 0. The molecule has 7 heteroatoms.